The van der Waals surface area contributed by atoms with Crippen molar-refractivity contribution in [2.75, 3.05) is 29.9 Å². The van der Waals surface area contributed by atoms with Crippen molar-refractivity contribution < 1.29 is 9.59 Å². The van der Waals surface area contributed by atoms with E-state index in [2.05, 4.69) is 27.8 Å². The lowest BCUT2D eigenvalue weighted by atomic mass is 10.1. The van der Waals surface area contributed by atoms with Crippen LogP contribution in [0.2, 0.25) is 5.02 Å². The molecular formula is C23H29ClN4O2. The third-order valence-corrected chi connectivity index (χ3v) is 5.41. The Morgan fingerprint density at radius 3 is 2.60 bits per heavy atom. The van der Waals surface area contributed by atoms with Gasteiger partial charge in [0.15, 0.2) is 0 Å². The first-order chi connectivity index (χ1) is 14.3. The summed E-state index contributed by atoms with van der Waals surface area (Å²) in [5.74, 6) is 0.290. The summed E-state index contributed by atoms with van der Waals surface area (Å²) in [6, 6.07) is 12.7. The predicted molar refractivity (Wildman–Crippen MR) is 123 cm³/mol. The summed E-state index contributed by atoms with van der Waals surface area (Å²) < 4.78 is 0. The molecule has 30 heavy (non-hydrogen) atoms. The fraction of sp³-hybridized carbons (Fsp3) is 0.391. The summed E-state index contributed by atoms with van der Waals surface area (Å²) in [7, 11) is 0. The van der Waals surface area contributed by atoms with Crippen molar-refractivity contribution in [3.63, 3.8) is 0 Å². The van der Waals surface area contributed by atoms with E-state index in [1.54, 1.807) is 24.3 Å². The number of nitrogens with zero attached hydrogens (tertiary/aromatic N) is 1. The Morgan fingerprint density at radius 1 is 1.17 bits per heavy atom. The second-order valence-electron chi connectivity index (χ2n) is 8.07. The fourth-order valence-corrected chi connectivity index (χ4v) is 3.78. The minimum atomic E-state index is -0.261. The second-order valence-corrected chi connectivity index (χ2v) is 8.51. The number of halogens is 1. The minimum Gasteiger partial charge on any atom is -0.371 e. The third-order valence-electron chi connectivity index (χ3n) is 5.17. The van der Waals surface area contributed by atoms with Gasteiger partial charge in [0.05, 0.1) is 0 Å². The van der Waals surface area contributed by atoms with Gasteiger partial charge in [-0.05, 0) is 75.1 Å². The number of hydrogen-bond donors (Lipinski definition) is 3. The zero-order valence-electron chi connectivity index (χ0n) is 17.7. The van der Waals surface area contributed by atoms with Crippen LogP contribution in [0.4, 0.5) is 16.2 Å². The molecule has 0 bridgehead atoms. The Hall–Kier alpha value is -2.73. The van der Waals surface area contributed by atoms with E-state index >= 15 is 0 Å². The van der Waals surface area contributed by atoms with E-state index < -0.39 is 0 Å². The molecule has 0 radical (unpaired) electrons. The van der Waals surface area contributed by atoms with Crippen molar-refractivity contribution in [3.8, 4) is 0 Å². The minimum absolute atomic E-state index is 0.0596. The smallest absolute Gasteiger partial charge is 0.319 e. The molecule has 1 heterocycles. The lowest BCUT2D eigenvalue weighted by molar-refractivity contribution is 0.0948. The highest BCUT2D eigenvalue weighted by atomic mass is 35.5. The van der Waals surface area contributed by atoms with Crippen LogP contribution in [0, 0.1) is 12.8 Å². The average molecular weight is 429 g/mol. The van der Waals surface area contributed by atoms with Gasteiger partial charge in [0.2, 0.25) is 0 Å². The normalized spacial score (nSPS) is 15.9. The molecule has 2 aromatic rings. The van der Waals surface area contributed by atoms with Gasteiger partial charge in [0.25, 0.3) is 5.91 Å². The molecule has 7 heteroatoms. The molecule has 1 saturated heterocycles. The zero-order valence-corrected chi connectivity index (χ0v) is 18.4. The molecule has 1 unspecified atom stereocenters. The fourth-order valence-electron chi connectivity index (χ4n) is 3.61. The second kappa shape index (κ2) is 9.85. The Bertz CT molecular complexity index is 899. The first-order valence-corrected chi connectivity index (χ1v) is 10.7. The summed E-state index contributed by atoms with van der Waals surface area (Å²) in [4.78, 5) is 26.6. The van der Waals surface area contributed by atoms with Crippen LogP contribution in [0.15, 0.2) is 42.5 Å². The van der Waals surface area contributed by atoms with Gasteiger partial charge in [0, 0.05) is 47.6 Å². The standard InChI is InChI=1S/C23H29ClN4O2/c1-15(2)26-23(30)27-20-8-5-18(6-9-20)22(29)25-13-17-10-11-28(14-17)21-12-19(24)7-4-16(21)3/h4-9,12,15,17H,10-11,13-14H2,1-3H3,(H,25,29)(H2,26,27,30). The molecule has 0 aliphatic carbocycles. The number of nitrogens with one attached hydrogen (secondary N) is 3. The number of urea groups is 1. The van der Waals surface area contributed by atoms with Crippen molar-refractivity contribution in [1.29, 1.82) is 0 Å². The average Bonchev–Trinajstić information content (AvgIpc) is 3.16. The van der Waals surface area contributed by atoms with Gasteiger partial charge in [-0.25, -0.2) is 4.79 Å². The van der Waals surface area contributed by atoms with Crippen LogP contribution < -0.4 is 20.9 Å². The van der Waals surface area contributed by atoms with Crippen molar-refractivity contribution in [1.82, 2.24) is 10.6 Å². The summed E-state index contributed by atoms with van der Waals surface area (Å²) in [5.41, 5.74) is 3.60. The van der Waals surface area contributed by atoms with E-state index in [0.717, 1.165) is 24.5 Å². The van der Waals surface area contributed by atoms with Gasteiger partial charge in [0.1, 0.15) is 0 Å². The molecule has 0 saturated carbocycles. The first kappa shape index (κ1) is 22.0. The third kappa shape index (κ3) is 5.89. The molecular weight excluding hydrogens is 400 g/mol. The topological polar surface area (TPSA) is 73.5 Å². The van der Waals surface area contributed by atoms with E-state index in [4.69, 9.17) is 11.6 Å². The van der Waals surface area contributed by atoms with Crippen LogP contribution in [-0.2, 0) is 0 Å². The van der Waals surface area contributed by atoms with E-state index in [-0.39, 0.29) is 18.0 Å². The number of anilines is 2. The number of hydrogen-bond acceptors (Lipinski definition) is 3. The Balaban J connectivity index is 1.49. The van der Waals surface area contributed by atoms with E-state index in [1.165, 1.54) is 11.3 Å². The molecule has 1 aliphatic rings. The maximum Gasteiger partial charge on any atom is 0.319 e. The van der Waals surface area contributed by atoms with Gasteiger partial charge in [-0.15, -0.1) is 0 Å². The number of aryl methyl sites for hydroxylation is 1. The zero-order chi connectivity index (χ0) is 21.7. The molecule has 1 aliphatic heterocycles. The molecule has 1 fully saturated rings. The summed E-state index contributed by atoms with van der Waals surface area (Å²) >= 11 is 6.15. The van der Waals surface area contributed by atoms with E-state index in [0.29, 0.717) is 23.7 Å². The molecule has 3 N–H and O–H groups in total. The molecule has 2 aromatic carbocycles. The Morgan fingerprint density at radius 2 is 1.90 bits per heavy atom. The van der Waals surface area contributed by atoms with Crippen LogP contribution in [0.25, 0.3) is 0 Å². The highest BCUT2D eigenvalue weighted by Crippen LogP contribution is 2.29. The number of amides is 3. The SMILES string of the molecule is Cc1ccc(Cl)cc1N1CCC(CNC(=O)c2ccc(NC(=O)NC(C)C)cc2)C1. The monoisotopic (exact) mass is 428 g/mol. The van der Waals surface area contributed by atoms with Crippen molar-refractivity contribution in [3.05, 3.63) is 58.6 Å². The van der Waals surface area contributed by atoms with Crippen LogP contribution in [0.1, 0.15) is 36.2 Å². The lowest BCUT2D eigenvalue weighted by Gasteiger charge is -2.21. The number of carbonyl (C=O) groups is 2. The summed E-state index contributed by atoms with van der Waals surface area (Å²) in [6.45, 7) is 8.37. The van der Waals surface area contributed by atoms with Crippen LogP contribution in [0.3, 0.4) is 0 Å². The van der Waals surface area contributed by atoms with E-state index in [1.807, 2.05) is 32.0 Å². The summed E-state index contributed by atoms with van der Waals surface area (Å²) in [5, 5.41) is 9.29. The van der Waals surface area contributed by atoms with Gasteiger partial charge in [-0.1, -0.05) is 17.7 Å². The number of benzene rings is 2. The first-order valence-electron chi connectivity index (χ1n) is 10.3. The molecule has 3 amide bonds. The van der Waals surface area contributed by atoms with Gasteiger partial charge in [-0.2, -0.15) is 0 Å². The lowest BCUT2D eigenvalue weighted by Crippen LogP contribution is -2.34. The van der Waals surface area contributed by atoms with Crippen molar-refractivity contribution >= 4 is 34.9 Å². The Kier molecular flexibility index (Phi) is 7.21. The van der Waals surface area contributed by atoms with E-state index in [9.17, 15) is 9.59 Å². The highest BCUT2D eigenvalue weighted by molar-refractivity contribution is 6.30. The molecule has 3 rings (SSSR count). The maximum absolute atomic E-state index is 12.5. The quantitative estimate of drug-likeness (QED) is 0.637. The largest absolute Gasteiger partial charge is 0.371 e. The van der Waals surface area contributed by atoms with Crippen molar-refractivity contribution in [2.45, 2.75) is 33.2 Å². The molecule has 6 nitrogen and oxygen atoms in total. The number of carbonyl (C=O) groups excluding carboxylic acids is 2. The molecule has 0 spiro atoms. The Labute approximate surface area is 183 Å². The van der Waals surface area contributed by atoms with Gasteiger partial charge >= 0.3 is 6.03 Å². The molecule has 160 valence electrons. The van der Waals surface area contributed by atoms with Gasteiger partial charge in [-0.3, -0.25) is 4.79 Å². The van der Waals surface area contributed by atoms with Crippen LogP contribution >= 0.6 is 11.6 Å². The highest BCUT2D eigenvalue weighted by Gasteiger charge is 2.24. The molecule has 0 aromatic heterocycles. The molecule has 1 atom stereocenters. The van der Waals surface area contributed by atoms with Crippen LogP contribution in [-0.4, -0.2) is 37.6 Å². The summed E-state index contributed by atoms with van der Waals surface area (Å²) in [6.07, 6.45) is 1.03. The maximum atomic E-state index is 12.5. The predicted octanol–water partition coefficient (Wildman–Crippen LogP) is 4.43. The van der Waals surface area contributed by atoms with Crippen molar-refractivity contribution in [2.24, 2.45) is 5.92 Å². The number of rotatable bonds is 6. The van der Waals surface area contributed by atoms with Gasteiger partial charge < -0.3 is 20.9 Å². The van der Waals surface area contributed by atoms with Crippen LogP contribution in [0.5, 0.6) is 0 Å².